The van der Waals surface area contributed by atoms with Crippen LogP contribution in [-0.2, 0) is 13.0 Å². The summed E-state index contributed by atoms with van der Waals surface area (Å²) in [5.74, 6) is -0.438. The summed E-state index contributed by atoms with van der Waals surface area (Å²) in [5.41, 5.74) is 3.17. The molecular formula is C27H29FN2O2. The second-order valence-electron chi connectivity index (χ2n) is 8.56. The number of halogens is 1. The molecule has 32 heavy (non-hydrogen) atoms. The van der Waals surface area contributed by atoms with Gasteiger partial charge in [-0.2, -0.15) is 0 Å². The van der Waals surface area contributed by atoms with Crippen LogP contribution in [0.25, 0.3) is 0 Å². The van der Waals surface area contributed by atoms with Crippen molar-refractivity contribution in [2.75, 3.05) is 7.05 Å². The maximum atomic E-state index is 13.9. The second kappa shape index (κ2) is 10.1. The Hall–Kier alpha value is -3.02. The van der Waals surface area contributed by atoms with Gasteiger partial charge in [0.2, 0.25) is 0 Å². The molecule has 5 heteroatoms. The van der Waals surface area contributed by atoms with Crippen molar-refractivity contribution in [3.8, 4) is 0 Å². The molecule has 3 atom stereocenters. The van der Waals surface area contributed by atoms with E-state index < -0.39 is 6.10 Å². The number of nitrogens with zero attached hydrogens (tertiary/aromatic N) is 1. The van der Waals surface area contributed by atoms with E-state index in [2.05, 4.69) is 5.32 Å². The predicted molar refractivity (Wildman–Crippen MR) is 124 cm³/mol. The Morgan fingerprint density at radius 2 is 1.72 bits per heavy atom. The van der Waals surface area contributed by atoms with Gasteiger partial charge in [0.05, 0.1) is 6.10 Å². The minimum atomic E-state index is -0.508. The standard InChI is InChI=1S/C27H29FN2O2/c1-30(18-22-9-5-6-10-24(22)28)27(32)21-13-11-19(12-14-21)17-23-15-16-25(29-23)26(31)20-7-3-2-4-8-20/h2-14,23,25-26,29,31H,15-18H2,1H3/t23?,25-,26-/m1/s1. The van der Waals surface area contributed by atoms with E-state index in [4.69, 9.17) is 0 Å². The van der Waals surface area contributed by atoms with Crippen LogP contribution in [0, 0.1) is 5.82 Å². The highest BCUT2D eigenvalue weighted by molar-refractivity contribution is 5.94. The smallest absolute Gasteiger partial charge is 0.253 e. The number of hydrogen-bond acceptors (Lipinski definition) is 3. The van der Waals surface area contributed by atoms with Gasteiger partial charge >= 0.3 is 0 Å². The Morgan fingerprint density at radius 1 is 1.03 bits per heavy atom. The van der Waals surface area contributed by atoms with Crippen molar-refractivity contribution in [1.82, 2.24) is 10.2 Å². The number of aliphatic hydroxyl groups is 1. The molecule has 166 valence electrons. The van der Waals surface area contributed by atoms with Gasteiger partial charge in [0.1, 0.15) is 5.82 Å². The van der Waals surface area contributed by atoms with Crippen LogP contribution < -0.4 is 5.32 Å². The van der Waals surface area contributed by atoms with Gasteiger partial charge in [-0.3, -0.25) is 4.79 Å². The molecule has 4 nitrogen and oxygen atoms in total. The van der Waals surface area contributed by atoms with E-state index in [1.54, 1.807) is 25.2 Å². The molecule has 2 N–H and O–H groups in total. The number of nitrogens with one attached hydrogen (secondary N) is 1. The van der Waals surface area contributed by atoms with Crippen LogP contribution in [0.15, 0.2) is 78.9 Å². The van der Waals surface area contributed by atoms with E-state index >= 15 is 0 Å². The fourth-order valence-electron chi connectivity index (χ4n) is 4.38. The molecule has 0 saturated carbocycles. The predicted octanol–water partition coefficient (Wildman–Crippen LogP) is 4.49. The Labute approximate surface area is 188 Å². The van der Waals surface area contributed by atoms with Crippen molar-refractivity contribution in [3.63, 3.8) is 0 Å². The molecule has 0 bridgehead atoms. The number of carbonyl (C=O) groups is 1. The number of amides is 1. The minimum Gasteiger partial charge on any atom is -0.387 e. The second-order valence-corrected chi connectivity index (χ2v) is 8.56. The zero-order chi connectivity index (χ0) is 22.5. The van der Waals surface area contributed by atoms with Crippen LogP contribution >= 0.6 is 0 Å². The molecule has 3 aromatic carbocycles. The van der Waals surface area contributed by atoms with E-state index in [-0.39, 0.29) is 24.3 Å². The number of rotatable bonds is 7. The first-order chi connectivity index (χ1) is 15.5. The molecule has 1 unspecified atom stereocenters. The Morgan fingerprint density at radius 3 is 2.44 bits per heavy atom. The first-order valence-corrected chi connectivity index (χ1v) is 11.1. The monoisotopic (exact) mass is 432 g/mol. The van der Waals surface area contributed by atoms with E-state index in [1.165, 1.54) is 11.0 Å². The highest BCUT2D eigenvalue weighted by Gasteiger charge is 2.29. The fraction of sp³-hybridized carbons (Fsp3) is 0.296. The lowest BCUT2D eigenvalue weighted by atomic mass is 10.0. The van der Waals surface area contributed by atoms with Crippen LogP contribution in [0.5, 0.6) is 0 Å². The van der Waals surface area contributed by atoms with Crippen molar-refractivity contribution in [2.24, 2.45) is 0 Å². The SMILES string of the molecule is CN(Cc1ccccc1F)C(=O)c1ccc(CC2CC[C@H]([C@H](O)c3ccccc3)N2)cc1. The number of hydrogen-bond donors (Lipinski definition) is 2. The maximum Gasteiger partial charge on any atom is 0.253 e. The Bertz CT molecular complexity index is 1040. The molecule has 3 aromatic rings. The molecule has 0 aromatic heterocycles. The van der Waals surface area contributed by atoms with Gasteiger partial charge in [-0.15, -0.1) is 0 Å². The summed E-state index contributed by atoms with van der Waals surface area (Å²) in [5, 5.41) is 14.2. The summed E-state index contributed by atoms with van der Waals surface area (Å²) in [4.78, 5) is 14.3. The molecule has 1 saturated heterocycles. The van der Waals surface area contributed by atoms with Gasteiger partial charge < -0.3 is 15.3 Å². The number of benzene rings is 3. The summed E-state index contributed by atoms with van der Waals surface area (Å²) in [7, 11) is 1.68. The largest absolute Gasteiger partial charge is 0.387 e. The van der Waals surface area contributed by atoms with Crippen LogP contribution in [0.2, 0.25) is 0 Å². The fourth-order valence-corrected chi connectivity index (χ4v) is 4.38. The van der Waals surface area contributed by atoms with Crippen molar-refractivity contribution in [1.29, 1.82) is 0 Å². The zero-order valence-electron chi connectivity index (χ0n) is 18.2. The topological polar surface area (TPSA) is 52.6 Å². The van der Waals surface area contributed by atoms with Gasteiger partial charge in [0, 0.05) is 36.8 Å². The van der Waals surface area contributed by atoms with Crippen LogP contribution in [0.4, 0.5) is 4.39 Å². The summed E-state index contributed by atoms with van der Waals surface area (Å²) in [6.45, 7) is 0.227. The minimum absolute atomic E-state index is 0.0512. The third-order valence-corrected chi connectivity index (χ3v) is 6.19. The van der Waals surface area contributed by atoms with Crippen molar-refractivity contribution >= 4 is 5.91 Å². The normalized spacial score (nSPS) is 19.0. The number of aliphatic hydroxyl groups excluding tert-OH is 1. The van der Waals surface area contributed by atoms with Gasteiger partial charge in [-0.25, -0.2) is 4.39 Å². The molecule has 0 spiro atoms. The summed E-state index contributed by atoms with van der Waals surface area (Å²) in [6, 6.07) is 24.2. The van der Waals surface area contributed by atoms with Crippen molar-refractivity contribution in [2.45, 2.75) is 44.0 Å². The molecule has 1 aliphatic rings. The molecular weight excluding hydrogens is 403 g/mol. The Kier molecular flexibility index (Phi) is 6.98. The van der Waals surface area contributed by atoms with Gasteiger partial charge in [0.15, 0.2) is 0 Å². The molecule has 1 fully saturated rings. The molecule has 1 aliphatic heterocycles. The van der Waals surface area contributed by atoms with Gasteiger partial charge in [-0.1, -0.05) is 60.7 Å². The van der Waals surface area contributed by atoms with E-state index in [0.717, 1.165) is 30.4 Å². The third kappa shape index (κ3) is 5.23. The molecule has 0 aliphatic carbocycles. The lowest BCUT2D eigenvalue weighted by Gasteiger charge is -2.20. The zero-order valence-corrected chi connectivity index (χ0v) is 18.2. The van der Waals surface area contributed by atoms with Crippen LogP contribution in [-0.4, -0.2) is 35.0 Å². The lowest BCUT2D eigenvalue weighted by Crippen LogP contribution is -2.35. The van der Waals surface area contributed by atoms with Crippen LogP contribution in [0.3, 0.4) is 0 Å². The summed E-state index contributed by atoms with van der Waals surface area (Å²) >= 11 is 0. The average Bonchev–Trinajstić information content (AvgIpc) is 3.29. The molecule has 4 rings (SSSR count). The van der Waals surface area contributed by atoms with E-state index in [0.29, 0.717) is 17.2 Å². The quantitative estimate of drug-likeness (QED) is 0.578. The van der Waals surface area contributed by atoms with E-state index in [1.807, 2.05) is 54.6 Å². The Balaban J connectivity index is 1.32. The van der Waals surface area contributed by atoms with Crippen molar-refractivity contribution < 1.29 is 14.3 Å². The summed E-state index contributed by atoms with van der Waals surface area (Å²) < 4.78 is 13.9. The lowest BCUT2D eigenvalue weighted by molar-refractivity contribution is 0.0784. The molecule has 1 heterocycles. The van der Waals surface area contributed by atoms with Gasteiger partial charge in [0.25, 0.3) is 5.91 Å². The van der Waals surface area contributed by atoms with Gasteiger partial charge in [-0.05, 0) is 48.6 Å². The highest BCUT2D eigenvalue weighted by atomic mass is 19.1. The molecule has 1 amide bonds. The van der Waals surface area contributed by atoms with E-state index in [9.17, 15) is 14.3 Å². The first kappa shape index (κ1) is 22.2. The van der Waals surface area contributed by atoms with Crippen molar-refractivity contribution in [3.05, 3.63) is 107 Å². The number of carbonyl (C=O) groups excluding carboxylic acids is 1. The highest BCUT2D eigenvalue weighted by Crippen LogP contribution is 2.26. The van der Waals surface area contributed by atoms with Crippen LogP contribution in [0.1, 0.15) is 46.0 Å². The maximum absolute atomic E-state index is 13.9. The third-order valence-electron chi connectivity index (χ3n) is 6.19. The summed E-state index contributed by atoms with van der Waals surface area (Å²) in [6.07, 6.45) is 2.27. The first-order valence-electron chi connectivity index (χ1n) is 11.1. The average molecular weight is 433 g/mol. The molecule has 0 radical (unpaired) electrons.